The van der Waals surface area contributed by atoms with Gasteiger partial charge in [0.2, 0.25) is 15.7 Å². The van der Waals surface area contributed by atoms with E-state index < -0.39 is 26.2 Å². The van der Waals surface area contributed by atoms with E-state index in [9.17, 15) is 18.0 Å². The molecule has 2 aromatic heterocycles. The number of sulfone groups is 1. The number of aryl methyl sites for hydroxylation is 1. The Morgan fingerprint density at radius 3 is 2.52 bits per heavy atom. The van der Waals surface area contributed by atoms with Crippen LogP contribution < -0.4 is 11.0 Å². The standard InChI is InChI=1S/C19H23N5O4S/c1-5-13-7-6-8-14(11-13)20-16(25)12-23-18(26)24-15(21-23)9-10-17(22-24)29(27,28)19(2,3)4/h6-11H,5,12H2,1-4H3,(H,20,25). The van der Waals surface area contributed by atoms with Crippen LogP contribution in [0.2, 0.25) is 0 Å². The molecule has 0 spiro atoms. The Balaban J connectivity index is 1.88. The molecule has 0 aliphatic carbocycles. The van der Waals surface area contributed by atoms with E-state index >= 15 is 0 Å². The number of anilines is 1. The minimum atomic E-state index is -3.73. The summed E-state index contributed by atoms with van der Waals surface area (Å²) >= 11 is 0. The highest BCUT2D eigenvalue weighted by Gasteiger charge is 2.32. The average molecular weight is 417 g/mol. The highest BCUT2D eigenvalue weighted by atomic mass is 32.2. The average Bonchev–Trinajstić information content (AvgIpc) is 2.96. The number of carbonyl (C=O) groups excluding carboxylic acids is 1. The molecule has 3 aromatic rings. The molecule has 0 aliphatic heterocycles. The molecule has 0 unspecified atom stereocenters. The molecule has 1 N–H and O–H groups in total. The van der Waals surface area contributed by atoms with Crippen LogP contribution in [0, 0.1) is 0 Å². The molecule has 0 radical (unpaired) electrons. The molecule has 0 saturated carbocycles. The van der Waals surface area contributed by atoms with Crippen molar-refractivity contribution < 1.29 is 13.2 Å². The highest BCUT2D eigenvalue weighted by Crippen LogP contribution is 2.22. The predicted molar refractivity (Wildman–Crippen MR) is 109 cm³/mol. The van der Waals surface area contributed by atoms with Gasteiger partial charge in [-0.2, -0.15) is 4.52 Å². The van der Waals surface area contributed by atoms with Crippen LogP contribution in [0.4, 0.5) is 5.69 Å². The van der Waals surface area contributed by atoms with Crippen molar-refractivity contribution in [3.8, 4) is 0 Å². The minimum Gasteiger partial charge on any atom is -0.324 e. The molecule has 0 aliphatic rings. The number of rotatable bonds is 5. The lowest BCUT2D eigenvalue weighted by Crippen LogP contribution is -2.31. The predicted octanol–water partition coefficient (Wildman–Crippen LogP) is 1.66. The van der Waals surface area contributed by atoms with Crippen LogP contribution in [-0.2, 0) is 27.6 Å². The molecule has 29 heavy (non-hydrogen) atoms. The number of carbonyl (C=O) groups is 1. The van der Waals surface area contributed by atoms with Crippen molar-refractivity contribution in [3.05, 3.63) is 52.4 Å². The van der Waals surface area contributed by atoms with E-state index in [1.165, 1.54) is 12.1 Å². The number of hydrogen-bond donors (Lipinski definition) is 1. The number of aromatic nitrogens is 4. The second-order valence-electron chi connectivity index (χ2n) is 7.60. The number of benzene rings is 1. The van der Waals surface area contributed by atoms with E-state index in [2.05, 4.69) is 15.5 Å². The smallest absolute Gasteiger partial charge is 0.324 e. The Labute approximate surface area is 168 Å². The molecule has 0 saturated heterocycles. The summed E-state index contributed by atoms with van der Waals surface area (Å²) in [6.07, 6.45) is 0.834. The first-order valence-electron chi connectivity index (χ1n) is 9.13. The second-order valence-corrected chi connectivity index (χ2v) is 10.2. The Bertz CT molecular complexity index is 1240. The monoisotopic (exact) mass is 417 g/mol. The largest absolute Gasteiger partial charge is 0.367 e. The zero-order valence-electron chi connectivity index (χ0n) is 16.7. The number of nitrogens with zero attached hydrogens (tertiary/aromatic N) is 4. The van der Waals surface area contributed by atoms with Gasteiger partial charge in [-0.05, 0) is 57.0 Å². The molecule has 1 amide bonds. The lowest BCUT2D eigenvalue weighted by Gasteiger charge is -2.17. The van der Waals surface area contributed by atoms with Gasteiger partial charge in [0.05, 0.1) is 4.75 Å². The summed E-state index contributed by atoms with van der Waals surface area (Å²) in [4.78, 5) is 24.9. The second kappa shape index (κ2) is 7.43. The maximum Gasteiger partial charge on any atom is 0.367 e. The van der Waals surface area contributed by atoms with Crippen molar-refractivity contribution >= 4 is 27.1 Å². The van der Waals surface area contributed by atoms with Crippen LogP contribution in [-0.4, -0.2) is 38.5 Å². The third-order valence-electron chi connectivity index (χ3n) is 4.41. The van der Waals surface area contributed by atoms with Crippen molar-refractivity contribution in [1.82, 2.24) is 19.4 Å². The molecule has 1 aromatic carbocycles. The van der Waals surface area contributed by atoms with Gasteiger partial charge in [0.25, 0.3) is 0 Å². The highest BCUT2D eigenvalue weighted by molar-refractivity contribution is 7.92. The van der Waals surface area contributed by atoms with Crippen LogP contribution in [0.15, 0.2) is 46.2 Å². The Kier molecular flexibility index (Phi) is 5.31. The Morgan fingerprint density at radius 2 is 1.86 bits per heavy atom. The van der Waals surface area contributed by atoms with Gasteiger partial charge in [0, 0.05) is 5.69 Å². The van der Waals surface area contributed by atoms with E-state index in [4.69, 9.17) is 0 Å². The summed E-state index contributed by atoms with van der Waals surface area (Å²) in [5.74, 6) is -0.425. The zero-order valence-corrected chi connectivity index (χ0v) is 17.5. The Morgan fingerprint density at radius 1 is 1.14 bits per heavy atom. The summed E-state index contributed by atoms with van der Waals surface area (Å²) in [6, 6.07) is 10.1. The topological polar surface area (TPSA) is 115 Å². The molecule has 0 fully saturated rings. The molecular weight excluding hydrogens is 394 g/mol. The van der Waals surface area contributed by atoms with E-state index in [0.717, 1.165) is 21.2 Å². The molecular formula is C19H23N5O4S. The summed E-state index contributed by atoms with van der Waals surface area (Å²) < 4.78 is 25.9. The van der Waals surface area contributed by atoms with Crippen LogP contribution in [0.5, 0.6) is 0 Å². The number of amides is 1. The zero-order chi connectivity index (χ0) is 21.4. The van der Waals surface area contributed by atoms with Crippen molar-refractivity contribution in [2.75, 3.05) is 5.32 Å². The van der Waals surface area contributed by atoms with E-state index in [-0.39, 0.29) is 17.2 Å². The van der Waals surface area contributed by atoms with Crippen LogP contribution >= 0.6 is 0 Å². The molecule has 0 bridgehead atoms. The maximum atomic E-state index is 12.6. The van der Waals surface area contributed by atoms with Gasteiger partial charge >= 0.3 is 5.69 Å². The third kappa shape index (κ3) is 4.07. The fourth-order valence-electron chi connectivity index (χ4n) is 2.66. The molecule has 9 nitrogen and oxygen atoms in total. The number of nitrogens with one attached hydrogen (secondary N) is 1. The Hall–Kier alpha value is -3.01. The van der Waals surface area contributed by atoms with Crippen molar-refractivity contribution in [2.45, 2.75) is 50.4 Å². The fourth-order valence-corrected chi connectivity index (χ4v) is 3.72. The molecule has 0 atom stereocenters. The molecule has 10 heteroatoms. The van der Waals surface area contributed by atoms with Crippen LogP contribution in [0.25, 0.3) is 5.65 Å². The van der Waals surface area contributed by atoms with E-state index in [1.807, 2.05) is 25.1 Å². The minimum absolute atomic E-state index is 0.156. The van der Waals surface area contributed by atoms with Crippen LogP contribution in [0.1, 0.15) is 33.3 Å². The van der Waals surface area contributed by atoms with Crippen LogP contribution in [0.3, 0.4) is 0 Å². The summed E-state index contributed by atoms with van der Waals surface area (Å²) in [6.45, 7) is 6.35. The first-order valence-corrected chi connectivity index (χ1v) is 10.6. The van der Waals surface area contributed by atoms with Crippen molar-refractivity contribution in [2.24, 2.45) is 0 Å². The van der Waals surface area contributed by atoms with Gasteiger partial charge in [0.1, 0.15) is 6.54 Å². The summed E-state index contributed by atoms with van der Waals surface area (Å²) in [5.41, 5.74) is 1.17. The maximum absolute atomic E-state index is 12.6. The first-order chi connectivity index (χ1) is 13.5. The number of hydrogen-bond acceptors (Lipinski definition) is 6. The fraction of sp³-hybridized carbons (Fsp3) is 0.368. The van der Waals surface area contributed by atoms with Gasteiger partial charge in [-0.1, -0.05) is 19.1 Å². The first kappa shape index (κ1) is 20.7. The SMILES string of the molecule is CCc1cccc(NC(=O)Cn2nc3ccc(S(=O)(=O)C(C)(C)C)nn3c2=O)c1. The van der Waals surface area contributed by atoms with Crippen molar-refractivity contribution in [1.29, 1.82) is 0 Å². The van der Waals surface area contributed by atoms with Gasteiger partial charge < -0.3 is 5.32 Å². The van der Waals surface area contributed by atoms with Crippen molar-refractivity contribution in [3.63, 3.8) is 0 Å². The van der Waals surface area contributed by atoms with Gasteiger partial charge in [-0.15, -0.1) is 10.2 Å². The lowest BCUT2D eigenvalue weighted by atomic mass is 10.1. The van der Waals surface area contributed by atoms with Gasteiger partial charge in [0.15, 0.2) is 10.7 Å². The normalized spacial score (nSPS) is 12.3. The molecule has 154 valence electrons. The van der Waals surface area contributed by atoms with Gasteiger partial charge in [-0.3, -0.25) is 4.79 Å². The summed E-state index contributed by atoms with van der Waals surface area (Å²) in [7, 11) is -3.73. The quantitative estimate of drug-likeness (QED) is 0.675. The lowest BCUT2D eigenvalue weighted by molar-refractivity contribution is -0.117. The third-order valence-corrected chi connectivity index (χ3v) is 6.79. The molecule has 3 rings (SSSR count). The van der Waals surface area contributed by atoms with Gasteiger partial charge in [-0.25, -0.2) is 17.9 Å². The summed E-state index contributed by atoms with van der Waals surface area (Å²) in [5, 5.41) is 10.5. The van der Waals surface area contributed by atoms with E-state index in [0.29, 0.717) is 5.69 Å². The molecule has 2 heterocycles. The number of fused-ring (bicyclic) bond motifs is 1. The van der Waals surface area contributed by atoms with E-state index in [1.54, 1.807) is 26.8 Å².